The smallest absolute Gasteiger partial charge is 0.348 e. The lowest BCUT2D eigenvalue weighted by molar-refractivity contribution is -0.179. The highest BCUT2D eigenvalue weighted by atomic mass is 16.6. The van der Waals surface area contributed by atoms with Gasteiger partial charge in [-0.05, 0) is 92.9 Å². The molecule has 1 saturated heterocycles. The van der Waals surface area contributed by atoms with Crippen molar-refractivity contribution < 1.29 is 57.2 Å². The maximum absolute atomic E-state index is 14.9. The minimum Gasteiger partial charge on any atom is -0.484 e. The number of benzene rings is 3. The first-order valence-corrected chi connectivity index (χ1v) is 27.3. The van der Waals surface area contributed by atoms with E-state index in [2.05, 4.69) is 25.7 Å². The Morgan fingerprint density at radius 3 is 1.57 bits per heavy atom. The van der Waals surface area contributed by atoms with Crippen LogP contribution >= 0.6 is 0 Å². The van der Waals surface area contributed by atoms with Crippen LogP contribution in [0.3, 0.4) is 0 Å². The van der Waals surface area contributed by atoms with Crippen molar-refractivity contribution in [3.05, 3.63) is 120 Å². The third-order valence-electron chi connectivity index (χ3n) is 13.5. The van der Waals surface area contributed by atoms with Crippen molar-refractivity contribution in [3.63, 3.8) is 0 Å². The van der Waals surface area contributed by atoms with E-state index in [1.165, 1.54) is 28.8 Å². The van der Waals surface area contributed by atoms with Crippen molar-refractivity contribution in [1.82, 2.24) is 20.0 Å². The highest BCUT2D eigenvalue weighted by molar-refractivity contribution is 5.93. The van der Waals surface area contributed by atoms with E-state index in [-0.39, 0.29) is 75.5 Å². The fraction of sp³-hybridized carbons (Fsp3) is 0.557. The Morgan fingerprint density at radius 2 is 1.06 bits per heavy atom. The van der Waals surface area contributed by atoms with Crippen LogP contribution in [0.1, 0.15) is 118 Å². The summed E-state index contributed by atoms with van der Waals surface area (Å²) in [6.45, 7) is 21.3. The Kier molecular flexibility index (Phi) is 25.4. The molecule has 16 heteroatoms. The van der Waals surface area contributed by atoms with Crippen molar-refractivity contribution in [2.24, 2.45) is 23.7 Å². The maximum atomic E-state index is 14.9. The van der Waals surface area contributed by atoms with Crippen LogP contribution in [0.2, 0.25) is 0 Å². The number of amides is 3. The summed E-state index contributed by atoms with van der Waals surface area (Å²) in [6.07, 6.45) is -3.28. The monoisotopic (exact) mass is 1070 g/mol. The zero-order valence-electron chi connectivity index (χ0n) is 47.6. The number of carbonyl (C=O) groups excluding carboxylic acids is 7. The quantitative estimate of drug-likeness (QED) is 0.0382. The number of rotatable bonds is 30. The predicted molar refractivity (Wildman–Crippen MR) is 294 cm³/mol. The molecule has 0 saturated carbocycles. The zero-order chi connectivity index (χ0) is 56.9. The number of likely N-dealkylation sites (N-methyl/N-ethyl adjacent to an activating group) is 3. The van der Waals surface area contributed by atoms with Gasteiger partial charge in [0.05, 0.1) is 6.04 Å². The summed E-state index contributed by atoms with van der Waals surface area (Å²) in [5, 5.41) is 3.18. The number of esters is 4. The van der Waals surface area contributed by atoms with Gasteiger partial charge in [0.1, 0.15) is 30.5 Å². The summed E-state index contributed by atoms with van der Waals surface area (Å²) < 4.78 is 29.9. The van der Waals surface area contributed by atoms with Crippen LogP contribution in [0, 0.1) is 23.7 Å². The third-order valence-corrected chi connectivity index (χ3v) is 13.5. The average molecular weight is 1070 g/mol. The molecule has 422 valence electrons. The second kappa shape index (κ2) is 31.0. The molecule has 77 heavy (non-hydrogen) atoms. The van der Waals surface area contributed by atoms with Gasteiger partial charge in [-0.3, -0.25) is 14.4 Å². The van der Waals surface area contributed by atoms with Gasteiger partial charge in [0.25, 0.3) is 17.7 Å². The average Bonchev–Trinajstić information content (AvgIpc) is 3.39. The van der Waals surface area contributed by atoms with Crippen LogP contribution < -0.4 is 5.32 Å². The van der Waals surface area contributed by atoms with E-state index in [4.69, 9.17) is 23.7 Å². The van der Waals surface area contributed by atoms with Crippen LogP contribution in [0.25, 0.3) is 0 Å². The Bertz CT molecular complexity index is 2380. The van der Waals surface area contributed by atoms with Gasteiger partial charge in [-0.1, -0.05) is 153 Å². The lowest BCUT2D eigenvalue weighted by Gasteiger charge is -2.38. The Hall–Kier alpha value is -6.55. The number of likely N-dealkylation sites (tertiary alicyclic amines) is 1. The largest absolute Gasteiger partial charge is 0.484 e. The van der Waals surface area contributed by atoms with Crippen LogP contribution in [-0.2, 0) is 76.7 Å². The second-order valence-corrected chi connectivity index (χ2v) is 22.0. The Morgan fingerprint density at radius 1 is 0.597 bits per heavy atom. The van der Waals surface area contributed by atoms with E-state index >= 15 is 0 Å². The highest BCUT2D eigenvalue weighted by Crippen LogP contribution is 2.26. The summed E-state index contributed by atoms with van der Waals surface area (Å²) in [4.78, 5) is 104. The molecule has 0 spiro atoms. The topological polar surface area (TPSA) is 187 Å². The lowest BCUT2D eigenvalue weighted by Crippen LogP contribution is -2.56. The number of ether oxygens (including phenoxy) is 5. The molecule has 1 aliphatic heterocycles. The number of nitrogens with zero attached hydrogens (tertiary/aromatic N) is 3. The molecule has 0 aromatic heterocycles. The van der Waals surface area contributed by atoms with Crippen molar-refractivity contribution in [1.29, 1.82) is 0 Å². The minimum absolute atomic E-state index is 0.0323. The molecule has 0 aliphatic carbocycles. The number of hydrogen-bond donors (Lipinski definition) is 1. The molecule has 3 amide bonds. The zero-order valence-corrected chi connectivity index (χ0v) is 47.6. The molecule has 3 aromatic carbocycles. The highest BCUT2D eigenvalue weighted by Gasteiger charge is 2.44. The van der Waals surface area contributed by atoms with Gasteiger partial charge >= 0.3 is 23.9 Å². The van der Waals surface area contributed by atoms with Crippen molar-refractivity contribution >= 4 is 41.6 Å². The Balaban J connectivity index is 1.57. The molecule has 4 unspecified atom stereocenters. The first kappa shape index (κ1) is 63.0. The number of carbonyl (C=O) groups is 7. The molecule has 1 aliphatic rings. The van der Waals surface area contributed by atoms with Gasteiger partial charge in [-0.25, -0.2) is 19.2 Å². The fourth-order valence-electron chi connectivity index (χ4n) is 9.35. The first-order chi connectivity index (χ1) is 36.5. The van der Waals surface area contributed by atoms with Crippen molar-refractivity contribution in [2.75, 3.05) is 27.7 Å². The van der Waals surface area contributed by atoms with Crippen molar-refractivity contribution in [2.45, 2.75) is 169 Å². The van der Waals surface area contributed by atoms with Crippen LogP contribution in [0.4, 0.5) is 0 Å². The fourth-order valence-corrected chi connectivity index (χ4v) is 9.35. The summed E-state index contributed by atoms with van der Waals surface area (Å²) in [7, 11) is 4.74. The Labute approximate surface area is 457 Å². The second-order valence-electron chi connectivity index (χ2n) is 22.0. The summed E-state index contributed by atoms with van der Waals surface area (Å²) >= 11 is 0. The van der Waals surface area contributed by atoms with Crippen molar-refractivity contribution in [3.8, 4) is 0 Å². The van der Waals surface area contributed by atoms with Crippen LogP contribution in [0.5, 0.6) is 0 Å². The van der Waals surface area contributed by atoms with Gasteiger partial charge in [0.15, 0.2) is 18.3 Å². The minimum atomic E-state index is -1.44. The molecular formula is C61H86N4O12. The molecule has 1 heterocycles. The van der Waals surface area contributed by atoms with Gasteiger partial charge in [-0.2, -0.15) is 0 Å². The van der Waals surface area contributed by atoms with Gasteiger partial charge in [0.2, 0.25) is 6.10 Å². The SMILES string of the molecule is C=C(O[C@H](C)C(=O)N(C)C(CC(C)C)C(=O)O[C@H](Cc1ccccc1)C(=O)N(C)C(CC(C)C)C(=O)O[C@@H]1CCCN(C(CC(C)C)C(=O)O[C@H](Cc2ccccc2)C(=O)OCc2ccccc2)C1=O)C(CC(C)C)NC. The van der Waals surface area contributed by atoms with Gasteiger partial charge in [0, 0.05) is 33.5 Å². The summed E-state index contributed by atoms with van der Waals surface area (Å²) in [5.74, 6) is -4.55. The normalized spacial score (nSPS) is 16.4. The summed E-state index contributed by atoms with van der Waals surface area (Å²) in [5.41, 5.74) is 2.17. The molecule has 4 rings (SSSR count). The molecule has 0 radical (unpaired) electrons. The molecule has 8 atom stereocenters. The van der Waals surface area contributed by atoms with Gasteiger partial charge < -0.3 is 43.7 Å². The van der Waals surface area contributed by atoms with E-state index in [1.54, 1.807) is 38.2 Å². The number of hydrogen-bond acceptors (Lipinski definition) is 13. The molecule has 16 nitrogen and oxygen atoms in total. The van der Waals surface area contributed by atoms with E-state index in [9.17, 15) is 33.6 Å². The lowest BCUT2D eigenvalue weighted by atomic mass is 9.97. The van der Waals surface area contributed by atoms with E-state index in [1.807, 2.05) is 108 Å². The third kappa shape index (κ3) is 19.8. The maximum Gasteiger partial charge on any atom is 0.348 e. The van der Waals surface area contributed by atoms with Gasteiger partial charge in [-0.15, -0.1) is 0 Å². The van der Waals surface area contributed by atoms with E-state index in [0.29, 0.717) is 23.7 Å². The molecule has 1 fully saturated rings. The molecule has 3 aromatic rings. The van der Waals surface area contributed by atoms with E-state index in [0.717, 1.165) is 17.5 Å². The first-order valence-electron chi connectivity index (χ1n) is 27.3. The molecule has 1 N–H and O–H groups in total. The van der Waals surface area contributed by atoms with Crippen LogP contribution in [0.15, 0.2) is 103 Å². The summed E-state index contributed by atoms with van der Waals surface area (Å²) in [6, 6.07) is 23.6. The van der Waals surface area contributed by atoms with E-state index < -0.39 is 84.1 Å². The molecule has 0 bridgehead atoms. The number of nitrogens with one attached hydrogen (secondary N) is 1. The standard InChI is InChI=1S/C61H86N4O12/c1-39(2)32-48(62-11)43(9)74-44(10)55(66)63(12)49(33-40(3)4)59(70)76-53(36-45-24-17-14-18-25-45)56(67)64(13)50(34-41(5)6)58(69)75-52-30-23-31-65(57(52)68)51(35-42(7)8)60(71)77-54(37-46-26-19-15-20-27-46)61(72)73-38-47-28-21-16-22-29-47/h14-22,24-29,39-42,44,48-54,62H,9,23,30-38H2,1-8,10-13H3/t44-,48?,49?,50?,51?,52-,53-,54-/m1/s1. The molecular weight excluding hydrogens is 981 g/mol. The van der Waals surface area contributed by atoms with Crippen LogP contribution in [-0.4, -0.2) is 133 Å². The number of piperidine rings is 1. The predicted octanol–water partition coefficient (Wildman–Crippen LogP) is 8.29.